The van der Waals surface area contributed by atoms with Crippen molar-refractivity contribution in [1.82, 2.24) is 0 Å². The first-order valence-electron chi connectivity index (χ1n) is 6.55. The SMILES string of the molecule is Cc1cccc(C(=O)OCC(=O)Nc2ccccc2Br)c1N. The number of hydrogen-bond acceptors (Lipinski definition) is 4. The third-order valence-electron chi connectivity index (χ3n) is 3.03. The number of benzene rings is 2. The third-order valence-corrected chi connectivity index (χ3v) is 3.72. The number of hydrogen-bond donors (Lipinski definition) is 2. The van der Waals surface area contributed by atoms with Gasteiger partial charge in [-0.25, -0.2) is 4.79 Å². The quantitative estimate of drug-likeness (QED) is 0.646. The van der Waals surface area contributed by atoms with E-state index in [1.807, 2.05) is 6.07 Å². The Hall–Kier alpha value is -2.34. The number of amides is 1. The van der Waals surface area contributed by atoms with Gasteiger partial charge in [0.15, 0.2) is 6.61 Å². The number of para-hydroxylation sites is 2. The van der Waals surface area contributed by atoms with Gasteiger partial charge in [-0.1, -0.05) is 24.3 Å². The average Bonchev–Trinajstić information content (AvgIpc) is 2.50. The first-order chi connectivity index (χ1) is 10.5. The number of anilines is 2. The maximum absolute atomic E-state index is 12.0. The minimum Gasteiger partial charge on any atom is -0.452 e. The summed E-state index contributed by atoms with van der Waals surface area (Å²) in [6.07, 6.45) is 0. The van der Waals surface area contributed by atoms with Crippen molar-refractivity contribution >= 4 is 39.2 Å². The van der Waals surface area contributed by atoms with Crippen LogP contribution in [-0.4, -0.2) is 18.5 Å². The van der Waals surface area contributed by atoms with E-state index in [-0.39, 0.29) is 12.2 Å². The van der Waals surface area contributed by atoms with Gasteiger partial charge in [-0.3, -0.25) is 4.79 Å². The van der Waals surface area contributed by atoms with Crippen LogP contribution in [0.4, 0.5) is 11.4 Å². The van der Waals surface area contributed by atoms with Gasteiger partial charge in [-0.15, -0.1) is 0 Å². The van der Waals surface area contributed by atoms with Crippen molar-refractivity contribution in [2.75, 3.05) is 17.7 Å². The molecule has 0 aliphatic carbocycles. The lowest BCUT2D eigenvalue weighted by molar-refractivity contribution is -0.119. The van der Waals surface area contributed by atoms with Crippen molar-refractivity contribution in [1.29, 1.82) is 0 Å². The summed E-state index contributed by atoms with van der Waals surface area (Å²) in [6, 6.07) is 12.2. The molecule has 0 bridgehead atoms. The number of nitrogens with one attached hydrogen (secondary N) is 1. The van der Waals surface area contributed by atoms with Gasteiger partial charge in [0.2, 0.25) is 0 Å². The zero-order chi connectivity index (χ0) is 16.1. The number of esters is 1. The average molecular weight is 363 g/mol. The standard InChI is InChI=1S/C16H15BrN2O3/c1-10-5-4-6-11(15(10)18)16(21)22-9-14(20)19-13-8-3-2-7-12(13)17/h2-8H,9,18H2,1H3,(H,19,20). The van der Waals surface area contributed by atoms with Gasteiger partial charge < -0.3 is 15.8 Å². The fraction of sp³-hybridized carbons (Fsp3) is 0.125. The Labute approximate surface area is 136 Å². The molecule has 0 spiro atoms. The maximum atomic E-state index is 12.0. The summed E-state index contributed by atoms with van der Waals surface area (Å²) in [4.78, 5) is 23.8. The lowest BCUT2D eigenvalue weighted by Gasteiger charge is -2.10. The highest BCUT2D eigenvalue weighted by atomic mass is 79.9. The Balaban J connectivity index is 1.95. The lowest BCUT2D eigenvalue weighted by atomic mass is 10.1. The summed E-state index contributed by atoms with van der Waals surface area (Å²) in [5, 5.41) is 2.65. The highest BCUT2D eigenvalue weighted by Crippen LogP contribution is 2.21. The molecule has 0 atom stereocenters. The van der Waals surface area contributed by atoms with Crippen LogP contribution in [0.5, 0.6) is 0 Å². The van der Waals surface area contributed by atoms with Gasteiger partial charge in [0.25, 0.3) is 5.91 Å². The van der Waals surface area contributed by atoms with Gasteiger partial charge in [0.05, 0.1) is 11.3 Å². The number of halogens is 1. The van der Waals surface area contributed by atoms with Gasteiger partial charge >= 0.3 is 5.97 Å². The predicted molar refractivity (Wildman–Crippen MR) is 88.6 cm³/mol. The molecule has 0 unspecified atom stereocenters. The maximum Gasteiger partial charge on any atom is 0.340 e. The molecule has 114 valence electrons. The van der Waals surface area contributed by atoms with E-state index in [1.54, 1.807) is 43.3 Å². The predicted octanol–water partition coefficient (Wildman–Crippen LogP) is 3.14. The van der Waals surface area contributed by atoms with Crippen LogP contribution in [0.1, 0.15) is 15.9 Å². The van der Waals surface area contributed by atoms with Crippen molar-refractivity contribution in [2.24, 2.45) is 0 Å². The summed E-state index contributed by atoms with van der Waals surface area (Å²) in [5.41, 5.74) is 7.84. The Morgan fingerprint density at radius 3 is 2.64 bits per heavy atom. The van der Waals surface area contributed by atoms with Crippen LogP contribution in [0.2, 0.25) is 0 Å². The van der Waals surface area contributed by atoms with E-state index in [9.17, 15) is 9.59 Å². The smallest absolute Gasteiger partial charge is 0.340 e. The monoisotopic (exact) mass is 362 g/mol. The molecule has 0 aromatic heterocycles. The van der Waals surface area contributed by atoms with Crippen LogP contribution in [0.3, 0.4) is 0 Å². The Bertz CT molecular complexity index is 716. The second-order valence-electron chi connectivity index (χ2n) is 4.64. The zero-order valence-corrected chi connectivity index (χ0v) is 13.5. The minimum absolute atomic E-state index is 0.258. The zero-order valence-electron chi connectivity index (χ0n) is 11.9. The number of carbonyl (C=O) groups is 2. The fourth-order valence-electron chi connectivity index (χ4n) is 1.82. The van der Waals surface area contributed by atoms with Crippen molar-refractivity contribution in [3.05, 3.63) is 58.1 Å². The third kappa shape index (κ3) is 3.85. The molecule has 6 heteroatoms. The van der Waals surface area contributed by atoms with Crippen molar-refractivity contribution in [2.45, 2.75) is 6.92 Å². The van der Waals surface area contributed by atoms with Crippen molar-refractivity contribution < 1.29 is 14.3 Å². The number of nitrogen functional groups attached to an aromatic ring is 1. The molecule has 2 aromatic carbocycles. The van der Waals surface area contributed by atoms with Gasteiger partial charge in [-0.05, 0) is 46.6 Å². The van der Waals surface area contributed by atoms with Crippen LogP contribution in [0.15, 0.2) is 46.9 Å². The highest BCUT2D eigenvalue weighted by molar-refractivity contribution is 9.10. The van der Waals surface area contributed by atoms with Crippen LogP contribution in [-0.2, 0) is 9.53 Å². The van der Waals surface area contributed by atoms with E-state index in [0.29, 0.717) is 11.4 Å². The molecule has 0 aliphatic rings. The van der Waals surface area contributed by atoms with Crippen molar-refractivity contribution in [3.63, 3.8) is 0 Å². The Morgan fingerprint density at radius 1 is 1.18 bits per heavy atom. The van der Waals surface area contributed by atoms with E-state index in [4.69, 9.17) is 10.5 Å². The van der Waals surface area contributed by atoms with Gasteiger partial charge in [0.1, 0.15) is 0 Å². The molecule has 5 nitrogen and oxygen atoms in total. The van der Waals surface area contributed by atoms with E-state index < -0.39 is 11.9 Å². The fourth-order valence-corrected chi connectivity index (χ4v) is 2.20. The lowest BCUT2D eigenvalue weighted by Crippen LogP contribution is -2.21. The normalized spacial score (nSPS) is 10.1. The number of rotatable bonds is 4. The summed E-state index contributed by atoms with van der Waals surface area (Å²) in [6.45, 7) is 1.42. The topological polar surface area (TPSA) is 81.4 Å². The van der Waals surface area contributed by atoms with Crippen LogP contribution < -0.4 is 11.1 Å². The van der Waals surface area contributed by atoms with Crippen molar-refractivity contribution in [3.8, 4) is 0 Å². The molecular formula is C16H15BrN2O3. The largest absolute Gasteiger partial charge is 0.452 e. The molecule has 0 heterocycles. The molecule has 0 saturated carbocycles. The van der Waals surface area contributed by atoms with Crippen LogP contribution in [0, 0.1) is 6.92 Å². The number of aryl methyl sites for hydroxylation is 1. The van der Waals surface area contributed by atoms with Crippen LogP contribution >= 0.6 is 15.9 Å². The van der Waals surface area contributed by atoms with E-state index in [0.717, 1.165) is 10.0 Å². The number of carbonyl (C=O) groups excluding carboxylic acids is 2. The Kier molecular flexibility index (Phi) is 5.16. The molecule has 0 saturated heterocycles. The van der Waals surface area contributed by atoms with E-state index in [1.165, 1.54) is 0 Å². The minimum atomic E-state index is -0.622. The molecule has 2 aromatic rings. The van der Waals surface area contributed by atoms with Crippen LogP contribution in [0.25, 0.3) is 0 Å². The molecule has 0 aliphatic heterocycles. The second-order valence-corrected chi connectivity index (χ2v) is 5.49. The highest BCUT2D eigenvalue weighted by Gasteiger charge is 2.14. The molecule has 2 rings (SSSR count). The molecule has 3 N–H and O–H groups in total. The summed E-state index contributed by atoms with van der Waals surface area (Å²) < 4.78 is 5.74. The molecule has 22 heavy (non-hydrogen) atoms. The Morgan fingerprint density at radius 2 is 1.91 bits per heavy atom. The van der Waals surface area contributed by atoms with E-state index in [2.05, 4.69) is 21.2 Å². The first-order valence-corrected chi connectivity index (χ1v) is 7.35. The molecule has 1 amide bonds. The summed E-state index contributed by atoms with van der Waals surface area (Å²) in [7, 11) is 0. The second kappa shape index (κ2) is 7.09. The molecular weight excluding hydrogens is 348 g/mol. The van der Waals surface area contributed by atoms with Gasteiger partial charge in [-0.2, -0.15) is 0 Å². The number of nitrogens with two attached hydrogens (primary N) is 1. The van der Waals surface area contributed by atoms with E-state index >= 15 is 0 Å². The van der Waals surface area contributed by atoms with Gasteiger partial charge in [0, 0.05) is 10.2 Å². The number of ether oxygens (including phenoxy) is 1. The summed E-state index contributed by atoms with van der Waals surface area (Å²) >= 11 is 3.32. The molecule has 0 fully saturated rings. The first kappa shape index (κ1) is 16.0. The molecule has 0 radical (unpaired) electrons. The summed E-state index contributed by atoms with van der Waals surface area (Å²) in [5.74, 6) is -1.05.